The Balaban J connectivity index is 1.71. The van der Waals surface area contributed by atoms with Gasteiger partial charge < -0.3 is 15.2 Å². The first-order valence-electron chi connectivity index (χ1n) is 8.37. The molecule has 142 valence electrons. The number of nitrogens with one attached hydrogen (secondary N) is 1. The van der Waals surface area contributed by atoms with E-state index in [4.69, 9.17) is 4.74 Å². The fourth-order valence-electron chi connectivity index (χ4n) is 2.94. The number of aromatic nitrogens is 2. The molecule has 1 aliphatic heterocycles. The first-order valence-corrected chi connectivity index (χ1v) is 8.37. The first kappa shape index (κ1) is 18.5. The Bertz CT molecular complexity index is 841. The van der Waals surface area contributed by atoms with Crippen LogP contribution < -0.4 is 5.32 Å². The SMILES string of the molecule is O=C(NC(C(=O)O)C1CCCOC1)c1ccn(-c2ccc([N+](=O)[O-])cc2)n1. The molecule has 0 radical (unpaired) electrons. The molecule has 2 aromatic rings. The molecule has 0 aliphatic carbocycles. The molecule has 2 heterocycles. The monoisotopic (exact) mass is 374 g/mol. The van der Waals surface area contributed by atoms with Crippen LogP contribution in [-0.2, 0) is 9.53 Å². The highest BCUT2D eigenvalue weighted by atomic mass is 16.6. The van der Waals surface area contributed by atoms with Crippen molar-refractivity contribution in [2.24, 2.45) is 5.92 Å². The maximum absolute atomic E-state index is 12.4. The van der Waals surface area contributed by atoms with Gasteiger partial charge in [-0.25, -0.2) is 9.48 Å². The maximum Gasteiger partial charge on any atom is 0.326 e. The Labute approximate surface area is 153 Å². The lowest BCUT2D eigenvalue weighted by Gasteiger charge is -2.27. The predicted octanol–water partition coefficient (Wildman–Crippen LogP) is 1.39. The van der Waals surface area contributed by atoms with Crippen LogP contribution in [0.3, 0.4) is 0 Å². The molecule has 2 unspecified atom stereocenters. The van der Waals surface area contributed by atoms with Gasteiger partial charge >= 0.3 is 5.97 Å². The van der Waals surface area contributed by atoms with E-state index in [1.54, 1.807) is 0 Å². The fraction of sp³-hybridized carbons (Fsp3) is 0.353. The topological polar surface area (TPSA) is 137 Å². The van der Waals surface area contributed by atoms with Crippen LogP contribution >= 0.6 is 0 Å². The van der Waals surface area contributed by atoms with Gasteiger partial charge in [-0.05, 0) is 31.0 Å². The van der Waals surface area contributed by atoms with E-state index in [1.807, 2.05) is 0 Å². The second kappa shape index (κ2) is 7.96. The van der Waals surface area contributed by atoms with E-state index < -0.39 is 22.8 Å². The number of amides is 1. The van der Waals surface area contributed by atoms with Crippen molar-refractivity contribution in [1.29, 1.82) is 0 Å². The Morgan fingerprint density at radius 1 is 1.33 bits per heavy atom. The van der Waals surface area contributed by atoms with Gasteiger partial charge in [0.1, 0.15) is 6.04 Å². The van der Waals surface area contributed by atoms with Crippen LogP contribution in [0.15, 0.2) is 36.5 Å². The lowest BCUT2D eigenvalue weighted by Crippen LogP contribution is -2.48. The second-order valence-electron chi connectivity index (χ2n) is 6.19. The Kier molecular flexibility index (Phi) is 5.46. The summed E-state index contributed by atoms with van der Waals surface area (Å²) in [5, 5.41) is 26.8. The molecule has 0 bridgehead atoms. The van der Waals surface area contributed by atoms with Crippen LogP contribution in [0.2, 0.25) is 0 Å². The first-order chi connectivity index (χ1) is 13.0. The number of hydrogen-bond donors (Lipinski definition) is 2. The number of hydrogen-bond acceptors (Lipinski definition) is 6. The van der Waals surface area contributed by atoms with Gasteiger partial charge in [0.15, 0.2) is 5.69 Å². The molecule has 10 heteroatoms. The van der Waals surface area contributed by atoms with Crippen LogP contribution in [0.4, 0.5) is 5.69 Å². The Morgan fingerprint density at radius 2 is 2.07 bits per heavy atom. The molecule has 1 aromatic heterocycles. The van der Waals surface area contributed by atoms with Gasteiger partial charge in [-0.15, -0.1) is 0 Å². The van der Waals surface area contributed by atoms with Crippen molar-refractivity contribution in [3.8, 4) is 5.69 Å². The van der Waals surface area contributed by atoms with Gasteiger partial charge in [0.05, 0.1) is 17.2 Å². The number of nitro groups is 1. The second-order valence-corrected chi connectivity index (χ2v) is 6.19. The Morgan fingerprint density at radius 3 is 2.67 bits per heavy atom. The van der Waals surface area contributed by atoms with E-state index in [-0.39, 0.29) is 23.9 Å². The smallest absolute Gasteiger partial charge is 0.326 e. The number of aliphatic carboxylic acids is 1. The zero-order valence-electron chi connectivity index (χ0n) is 14.3. The number of carboxylic acid groups (broad SMARTS) is 1. The van der Waals surface area contributed by atoms with Crippen LogP contribution in [-0.4, -0.2) is 50.9 Å². The molecule has 2 N–H and O–H groups in total. The van der Waals surface area contributed by atoms with E-state index in [9.17, 15) is 24.8 Å². The molecule has 1 amide bonds. The highest BCUT2D eigenvalue weighted by Crippen LogP contribution is 2.19. The predicted molar refractivity (Wildman–Crippen MR) is 92.7 cm³/mol. The summed E-state index contributed by atoms with van der Waals surface area (Å²) in [6.45, 7) is 0.880. The summed E-state index contributed by atoms with van der Waals surface area (Å²) < 4.78 is 6.69. The summed E-state index contributed by atoms with van der Waals surface area (Å²) in [5.74, 6) is -2.01. The van der Waals surface area contributed by atoms with Gasteiger partial charge in [-0.2, -0.15) is 5.10 Å². The summed E-state index contributed by atoms with van der Waals surface area (Å²) in [5.41, 5.74) is 0.536. The minimum absolute atomic E-state index is 0.0522. The summed E-state index contributed by atoms with van der Waals surface area (Å²) in [4.78, 5) is 34.1. The highest BCUT2D eigenvalue weighted by molar-refractivity contribution is 5.95. The number of nitrogens with zero attached hydrogens (tertiary/aromatic N) is 3. The van der Waals surface area contributed by atoms with E-state index >= 15 is 0 Å². The van der Waals surface area contributed by atoms with E-state index in [0.29, 0.717) is 18.7 Å². The van der Waals surface area contributed by atoms with Gasteiger partial charge in [0.2, 0.25) is 0 Å². The highest BCUT2D eigenvalue weighted by Gasteiger charge is 2.32. The van der Waals surface area contributed by atoms with Crippen LogP contribution in [0.1, 0.15) is 23.3 Å². The van der Waals surface area contributed by atoms with Crippen LogP contribution in [0, 0.1) is 16.0 Å². The van der Waals surface area contributed by atoms with Gasteiger partial charge in [-0.1, -0.05) is 0 Å². The standard InChI is InChI=1S/C17H18N4O6/c22-16(18-15(17(23)24)11-2-1-9-27-10-11)14-7-8-20(19-14)12-3-5-13(6-4-12)21(25)26/h3-8,11,15H,1-2,9-10H2,(H,18,22)(H,23,24). The largest absolute Gasteiger partial charge is 0.480 e. The molecule has 0 saturated carbocycles. The number of ether oxygens (including phenoxy) is 1. The number of carboxylic acids is 1. The number of rotatable bonds is 6. The summed E-state index contributed by atoms with van der Waals surface area (Å²) in [6.07, 6.45) is 2.93. The van der Waals surface area contributed by atoms with Gasteiger partial charge in [0.25, 0.3) is 11.6 Å². The molecule has 1 saturated heterocycles. The summed E-state index contributed by atoms with van der Waals surface area (Å²) in [6, 6.07) is 6.08. The minimum atomic E-state index is -1.12. The number of non-ortho nitro benzene ring substituents is 1. The van der Waals surface area contributed by atoms with E-state index in [0.717, 1.165) is 6.42 Å². The normalized spacial score (nSPS) is 17.9. The molecule has 1 aromatic carbocycles. The number of carbonyl (C=O) groups excluding carboxylic acids is 1. The van der Waals surface area contributed by atoms with Gasteiger partial charge in [-0.3, -0.25) is 14.9 Å². The summed E-state index contributed by atoms with van der Waals surface area (Å²) >= 11 is 0. The van der Waals surface area contributed by atoms with Crippen molar-refractivity contribution in [1.82, 2.24) is 15.1 Å². The lowest BCUT2D eigenvalue weighted by molar-refractivity contribution is -0.384. The quantitative estimate of drug-likeness (QED) is 0.576. The third-order valence-corrected chi connectivity index (χ3v) is 4.37. The maximum atomic E-state index is 12.4. The molecule has 1 aliphatic rings. The minimum Gasteiger partial charge on any atom is -0.480 e. The van der Waals surface area contributed by atoms with Crippen molar-refractivity contribution in [3.05, 3.63) is 52.3 Å². The molecular weight excluding hydrogens is 356 g/mol. The number of benzene rings is 1. The Hall–Kier alpha value is -3.27. The molecular formula is C17H18N4O6. The van der Waals surface area contributed by atoms with E-state index in [2.05, 4.69) is 10.4 Å². The molecule has 27 heavy (non-hydrogen) atoms. The number of nitro benzene ring substituents is 1. The third-order valence-electron chi connectivity index (χ3n) is 4.37. The number of carbonyl (C=O) groups is 2. The zero-order chi connectivity index (χ0) is 19.4. The molecule has 0 spiro atoms. The van der Waals surface area contributed by atoms with Crippen molar-refractivity contribution >= 4 is 17.6 Å². The molecule has 3 rings (SSSR count). The fourth-order valence-corrected chi connectivity index (χ4v) is 2.94. The summed E-state index contributed by atoms with van der Waals surface area (Å²) in [7, 11) is 0. The lowest BCUT2D eigenvalue weighted by atomic mass is 9.93. The molecule has 1 fully saturated rings. The van der Waals surface area contributed by atoms with Crippen LogP contribution in [0.25, 0.3) is 5.69 Å². The zero-order valence-corrected chi connectivity index (χ0v) is 14.3. The molecule has 10 nitrogen and oxygen atoms in total. The average molecular weight is 374 g/mol. The van der Waals surface area contributed by atoms with Gasteiger partial charge in [0, 0.05) is 30.9 Å². The van der Waals surface area contributed by atoms with Crippen molar-refractivity contribution in [2.75, 3.05) is 13.2 Å². The van der Waals surface area contributed by atoms with Crippen LogP contribution in [0.5, 0.6) is 0 Å². The van der Waals surface area contributed by atoms with Crippen molar-refractivity contribution in [3.63, 3.8) is 0 Å². The molecule has 2 atom stereocenters. The third kappa shape index (κ3) is 4.29. The van der Waals surface area contributed by atoms with Crippen molar-refractivity contribution in [2.45, 2.75) is 18.9 Å². The van der Waals surface area contributed by atoms with Crippen molar-refractivity contribution < 1.29 is 24.4 Å². The average Bonchev–Trinajstić information content (AvgIpc) is 3.17. The van der Waals surface area contributed by atoms with E-state index in [1.165, 1.54) is 41.2 Å².